The molecule has 0 saturated carbocycles. The fourth-order valence-electron chi connectivity index (χ4n) is 3.01. The van der Waals surface area contributed by atoms with E-state index in [0.29, 0.717) is 0 Å². The minimum atomic E-state index is -0.225. The summed E-state index contributed by atoms with van der Waals surface area (Å²) in [6.07, 6.45) is 5.26. The maximum Gasteiger partial charge on any atom is 0.245 e. The molecule has 0 unspecified atom stereocenters. The molecule has 1 aromatic heterocycles. The zero-order chi connectivity index (χ0) is 15.5. The Kier molecular flexibility index (Phi) is 4.24. The topological polar surface area (TPSA) is 41.4 Å². The third-order valence-corrected chi connectivity index (χ3v) is 4.38. The summed E-state index contributed by atoms with van der Waals surface area (Å²) in [7, 11) is 2.11. The first-order valence-corrected chi connectivity index (χ1v) is 7.68. The third kappa shape index (κ3) is 2.90. The fourth-order valence-corrected chi connectivity index (χ4v) is 3.01. The summed E-state index contributed by atoms with van der Waals surface area (Å²) in [4.78, 5) is 21.3. The number of carbonyl (C=O) groups excluding carboxylic acids is 1. The van der Waals surface area contributed by atoms with Crippen LogP contribution in [0.15, 0.2) is 49.1 Å². The highest BCUT2D eigenvalue weighted by Gasteiger charge is 2.32. The highest BCUT2D eigenvalue weighted by atomic mass is 16.2. The molecule has 1 saturated heterocycles. The van der Waals surface area contributed by atoms with Gasteiger partial charge < -0.3 is 14.4 Å². The van der Waals surface area contributed by atoms with Crippen molar-refractivity contribution in [2.24, 2.45) is 0 Å². The van der Waals surface area contributed by atoms with Gasteiger partial charge in [0.15, 0.2) is 0 Å². The molecule has 3 rings (SSSR count). The van der Waals surface area contributed by atoms with E-state index in [1.54, 1.807) is 12.5 Å². The Morgan fingerprint density at radius 3 is 2.73 bits per heavy atom. The van der Waals surface area contributed by atoms with E-state index in [1.807, 2.05) is 40.8 Å². The summed E-state index contributed by atoms with van der Waals surface area (Å²) in [5.74, 6) is 0.153. The van der Waals surface area contributed by atoms with Crippen LogP contribution in [0.25, 0.3) is 0 Å². The molecule has 0 aliphatic carbocycles. The van der Waals surface area contributed by atoms with Crippen LogP contribution in [-0.2, 0) is 4.79 Å². The predicted molar refractivity (Wildman–Crippen MR) is 85.3 cm³/mol. The van der Waals surface area contributed by atoms with Gasteiger partial charge in [0, 0.05) is 32.0 Å². The quantitative estimate of drug-likeness (QED) is 0.870. The molecule has 1 fully saturated rings. The summed E-state index contributed by atoms with van der Waals surface area (Å²) in [5.41, 5.74) is 1.19. The van der Waals surface area contributed by atoms with Crippen molar-refractivity contribution in [3.8, 4) is 0 Å². The molecule has 2 heterocycles. The molecule has 2 atom stereocenters. The molecular formula is C17H22N4O. The summed E-state index contributed by atoms with van der Waals surface area (Å²) < 4.78 is 1.86. The van der Waals surface area contributed by atoms with Crippen molar-refractivity contribution in [1.29, 1.82) is 0 Å². The van der Waals surface area contributed by atoms with Gasteiger partial charge in [0.25, 0.3) is 0 Å². The van der Waals surface area contributed by atoms with Crippen LogP contribution in [0.4, 0.5) is 0 Å². The number of nitrogens with zero attached hydrogens (tertiary/aromatic N) is 4. The maximum atomic E-state index is 12.9. The first kappa shape index (κ1) is 14.8. The molecule has 22 heavy (non-hydrogen) atoms. The number of imidazole rings is 1. The Hall–Kier alpha value is -2.14. The van der Waals surface area contributed by atoms with E-state index >= 15 is 0 Å². The number of piperazine rings is 1. The Balaban J connectivity index is 1.85. The van der Waals surface area contributed by atoms with E-state index in [1.165, 1.54) is 5.56 Å². The molecule has 5 nitrogen and oxygen atoms in total. The van der Waals surface area contributed by atoms with Crippen LogP contribution in [-0.4, -0.2) is 51.9 Å². The minimum absolute atomic E-state index is 0.110. The average molecular weight is 298 g/mol. The lowest BCUT2D eigenvalue weighted by Gasteiger charge is -2.41. The fraction of sp³-hybridized carbons (Fsp3) is 0.412. The molecule has 1 aliphatic rings. The number of rotatable bonds is 3. The lowest BCUT2D eigenvalue weighted by molar-refractivity contribution is -0.139. The van der Waals surface area contributed by atoms with Gasteiger partial charge in [-0.2, -0.15) is 0 Å². The molecule has 0 spiro atoms. The predicted octanol–water partition coefficient (Wildman–Crippen LogP) is 1.96. The lowest BCUT2D eigenvalue weighted by Crippen LogP contribution is -2.50. The van der Waals surface area contributed by atoms with E-state index in [0.717, 1.165) is 19.6 Å². The van der Waals surface area contributed by atoms with E-state index in [2.05, 4.69) is 29.1 Å². The Bertz CT molecular complexity index is 611. The Morgan fingerprint density at radius 2 is 2.05 bits per heavy atom. The highest BCUT2D eigenvalue weighted by molar-refractivity contribution is 5.80. The Morgan fingerprint density at radius 1 is 1.27 bits per heavy atom. The van der Waals surface area contributed by atoms with Gasteiger partial charge in [-0.05, 0) is 19.5 Å². The van der Waals surface area contributed by atoms with Crippen molar-refractivity contribution >= 4 is 5.91 Å². The number of amides is 1. The van der Waals surface area contributed by atoms with Crippen molar-refractivity contribution in [2.45, 2.75) is 19.0 Å². The van der Waals surface area contributed by atoms with E-state index < -0.39 is 0 Å². The monoisotopic (exact) mass is 298 g/mol. The van der Waals surface area contributed by atoms with Crippen LogP contribution < -0.4 is 0 Å². The van der Waals surface area contributed by atoms with Crippen molar-refractivity contribution in [3.63, 3.8) is 0 Å². The van der Waals surface area contributed by atoms with Gasteiger partial charge in [-0.3, -0.25) is 4.79 Å². The summed E-state index contributed by atoms with van der Waals surface area (Å²) in [6.45, 7) is 4.47. The number of carbonyl (C=O) groups is 1. The largest absolute Gasteiger partial charge is 0.331 e. The van der Waals surface area contributed by atoms with Crippen molar-refractivity contribution in [2.75, 3.05) is 26.7 Å². The van der Waals surface area contributed by atoms with E-state index in [9.17, 15) is 4.79 Å². The minimum Gasteiger partial charge on any atom is -0.331 e. The molecule has 5 heteroatoms. The number of likely N-dealkylation sites (N-methyl/N-ethyl adjacent to an activating group) is 1. The summed E-state index contributed by atoms with van der Waals surface area (Å²) in [5, 5.41) is 0. The molecule has 0 radical (unpaired) electrons. The average Bonchev–Trinajstić information content (AvgIpc) is 3.09. The molecule has 0 bridgehead atoms. The maximum absolute atomic E-state index is 12.9. The van der Waals surface area contributed by atoms with Gasteiger partial charge in [-0.15, -0.1) is 0 Å². The number of hydrogen-bond acceptors (Lipinski definition) is 3. The molecule has 1 aliphatic heterocycles. The standard InChI is InChI=1S/C17H22N4O/c1-14(20-9-8-18-13-20)17(22)21-11-10-19(2)12-16(21)15-6-4-3-5-7-15/h3-9,13-14,16H,10-12H2,1-2H3/t14-,16-/m0/s1. The van der Waals surface area contributed by atoms with Crippen molar-refractivity contribution in [1.82, 2.24) is 19.4 Å². The van der Waals surface area contributed by atoms with Crippen LogP contribution in [0.2, 0.25) is 0 Å². The number of hydrogen-bond donors (Lipinski definition) is 0. The molecule has 1 amide bonds. The summed E-state index contributed by atoms with van der Waals surface area (Å²) in [6, 6.07) is 10.2. The smallest absolute Gasteiger partial charge is 0.245 e. The zero-order valence-electron chi connectivity index (χ0n) is 13.1. The van der Waals surface area contributed by atoms with Gasteiger partial charge in [0.2, 0.25) is 5.91 Å². The second-order valence-corrected chi connectivity index (χ2v) is 5.91. The van der Waals surface area contributed by atoms with E-state index in [4.69, 9.17) is 0 Å². The van der Waals surface area contributed by atoms with Crippen LogP contribution in [0.3, 0.4) is 0 Å². The molecule has 116 valence electrons. The van der Waals surface area contributed by atoms with Gasteiger partial charge in [-0.1, -0.05) is 30.3 Å². The number of aromatic nitrogens is 2. The summed E-state index contributed by atoms with van der Waals surface area (Å²) >= 11 is 0. The molecule has 2 aromatic rings. The first-order chi connectivity index (χ1) is 10.7. The highest BCUT2D eigenvalue weighted by Crippen LogP contribution is 2.27. The van der Waals surface area contributed by atoms with Crippen LogP contribution in [0, 0.1) is 0 Å². The van der Waals surface area contributed by atoms with Gasteiger partial charge in [0.1, 0.15) is 6.04 Å². The second kappa shape index (κ2) is 6.32. The van der Waals surface area contributed by atoms with Gasteiger partial charge in [0.05, 0.1) is 12.4 Å². The first-order valence-electron chi connectivity index (χ1n) is 7.68. The second-order valence-electron chi connectivity index (χ2n) is 5.91. The van der Waals surface area contributed by atoms with Crippen LogP contribution in [0.1, 0.15) is 24.6 Å². The van der Waals surface area contributed by atoms with E-state index in [-0.39, 0.29) is 18.0 Å². The Labute approximate surface area is 131 Å². The van der Waals surface area contributed by atoms with Gasteiger partial charge >= 0.3 is 0 Å². The normalized spacial score (nSPS) is 20.8. The van der Waals surface area contributed by atoms with Crippen LogP contribution in [0.5, 0.6) is 0 Å². The molecule has 1 aromatic carbocycles. The molecule has 0 N–H and O–H groups in total. The molecular weight excluding hydrogens is 276 g/mol. The van der Waals surface area contributed by atoms with Crippen LogP contribution >= 0.6 is 0 Å². The van der Waals surface area contributed by atoms with Crippen molar-refractivity contribution < 1.29 is 4.79 Å². The lowest BCUT2D eigenvalue weighted by atomic mass is 10.0. The number of benzene rings is 1. The van der Waals surface area contributed by atoms with Crippen molar-refractivity contribution in [3.05, 3.63) is 54.6 Å². The van der Waals surface area contributed by atoms with Gasteiger partial charge in [-0.25, -0.2) is 4.98 Å². The zero-order valence-corrected chi connectivity index (χ0v) is 13.1. The SMILES string of the molecule is C[C@@H](C(=O)N1CCN(C)C[C@H]1c1ccccc1)n1ccnc1. The third-order valence-electron chi connectivity index (χ3n) is 4.38.